The zero-order chi connectivity index (χ0) is 5.86. The first-order chi connectivity index (χ1) is 3.18. The van der Waals surface area contributed by atoms with Crippen LogP contribution in [0, 0.1) is 10.1 Å². The molecule has 40 valence electrons. The number of hydrogen-bond acceptors (Lipinski definition) is 3. The van der Waals surface area contributed by atoms with Crippen LogP contribution in [0.3, 0.4) is 0 Å². The minimum atomic E-state index is -0.528. The molecular formula is C3H6N2O2. The molecule has 0 saturated carbocycles. The molecule has 0 amide bonds. The van der Waals surface area contributed by atoms with Crippen molar-refractivity contribution >= 4 is 5.84 Å². The van der Waals surface area contributed by atoms with E-state index in [-0.39, 0.29) is 5.84 Å². The second-order valence-corrected chi connectivity index (χ2v) is 1.03. The Labute approximate surface area is 41.0 Å². The van der Waals surface area contributed by atoms with Crippen molar-refractivity contribution in [1.29, 1.82) is 0 Å². The molecule has 0 rings (SSSR count). The van der Waals surface area contributed by atoms with E-state index in [4.69, 9.17) is 0 Å². The molecular weight excluding hydrogens is 96.0 g/mol. The van der Waals surface area contributed by atoms with Gasteiger partial charge in [-0.05, 0) is 4.92 Å². The molecule has 0 aromatic heterocycles. The first-order valence-electron chi connectivity index (χ1n) is 1.76. The first kappa shape index (κ1) is 6.07. The summed E-state index contributed by atoms with van der Waals surface area (Å²) in [6.45, 7) is 1.35. The lowest BCUT2D eigenvalue weighted by atomic mass is 10.7. The third-order valence-electron chi connectivity index (χ3n) is 0.588. The van der Waals surface area contributed by atoms with Gasteiger partial charge in [0.2, 0.25) is 0 Å². The van der Waals surface area contributed by atoms with Gasteiger partial charge in [0.1, 0.15) is 7.05 Å². The lowest BCUT2D eigenvalue weighted by molar-refractivity contribution is -0.351. The molecule has 0 aliphatic heterocycles. The highest BCUT2D eigenvalue weighted by Gasteiger charge is 1.95. The van der Waals surface area contributed by atoms with Crippen LogP contribution in [0.15, 0.2) is 4.99 Å². The Kier molecular flexibility index (Phi) is 1.98. The maximum Gasteiger partial charge on any atom is 0.329 e. The second kappa shape index (κ2) is 2.28. The van der Waals surface area contributed by atoms with E-state index >= 15 is 0 Å². The SMILES string of the molecule is CN=C(C)[N+](=O)[O-]. The van der Waals surface area contributed by atoms with E-state index in [1.807, 2.05) is 0 Å². The van der Waals surface area contributed by atoms with E-state index in [2.05, 4.69) is 4.99 Å². The third-order valence-corrected chi connectivity index (χ3v) is 0.588. The van der Waals surface area contributed by atoms with Crippen molar-refractivity contribution in [2.45, 2.75) is 6.92 Å². The summed E-state index contributed by atoms with van der Waals surface area (Å²) in [6, 6.07) is 0. The Hall–Kier alpha value is -0.930. The maximum absolute atomic E-state index is 9.61. The van der Waals surface area contributed by atoms with E-state index in [1.54, 1.807) is 0 Å². The Morgan fingerprint density at radius 3 is 2.29 bits per heavy atom. The van der Waals surface area contributed by atoms with Gasteiger partial charge in [-0.3, -0.25) is 0 Å². The van der Waals surface area contributed by atoms with Gasteiger partial charge in [0.15, 0.2) is 0 Å². The summed E-state index contributed by atoms with van der Waals surface area (Å²) >= 11 is 0. The summed E-state index contributed by atoms with van der Waals surface area (Å²) in [6.07, 6.45) is 0. The van der Waals surface area contributed by atoms with Crippen molar-refractivity contribution in [3.8, 4) is 0 Å². The minimum absolute atomic E-state index is 0.0556. The summed E-state index contributed by atoms with van der Waals surface area (Å²) in [5, 5.41) is 9.61. The molecule has 0 spiro atoms. The van der Waals surface area contributed by atoms with Gasteiger partial charge in [-0.25, -0.2) is 0 Å². The van der Waals surface area contributed by atoms with Crippen molar-refractivity contribution in [2.75, 3.05) is 7.05 Å². The van der Waals surface area contributed by atoms with Crippen LogP contribution in [0.2, 0.25) is 0 Å². The zero-order valence-electron chi connectivity index (χ0n) is 4.21. The predicted molar refractivity (Wildman–Crippen MR) is 26.0 cm³/mol. The van der Waals surface area contributed by atoms with Crippen molar-refractivity contribution in [3.05, 3.63) is 10.1 Å². The highest BCUT2D eigenvalue weighted by Crippen LogP contribution is 1.72. The van der Waals surface area contributed by atoms with Gasteiger partial charge < -0.3 is 10.1 Å². The molecule has 4 heteroatoms. The standard InChI is InChI=1S/C3H6N2O2/c1-3(4-2)5(6)7/h1-2H3. The largest absolute Gasteiger partial charge is 0.358 e. The monoisotopic (exact) mass is 102 g/mol. The highest BCUT2D eigenvalue weighted by molar-refractivity contribution is 5.70. The number of aliphatic imine (C=N–C) groups is 1. The Morgan fingerprint density at radius 1 is 1.86 bits per heavy atom. The summed E-state index contributed by atoms with van der Waals surface area (Å²) in [5.74, 6) is -0.0556. The maximum atomic E-state index is 9.61. The highest BCUT2D eigenvalue weighted by atomic mass is 16.6. The topological polar surface area (TPSA) is 55.5 Å². The van der Waals surface area contributed by atoms with Crippen molar-refractivity contribution in [3.63, 3.8) is 0 Å². The van der Waals surface area contributed by atoms with Crippen LogP contribution in [-0.2, 0) is 0 Å². The molecule has 4 nitrogen and oxygen atoms in total. The third kappa shape index (κ3) is 1.86. The molecule has 0 bridgehead atoms. The molecule has 0 aromatic carbocycles. The van der Waals surface area contributed by atoms with Gasteiger partial charge in [-0.1, -0.05) is 4.99 Å². The zero-order valence-corrected chi connectivity index (χ0v) is 4.21. The smallest absolute Gasteiger partial charge is 0.329 e. The number of nitrogens with zero attached hydrogens (tertiary/aromatic N) is 2. The normalized spacial score (nSPS) is 11.4. The van der Waals surface area contributed by atoms with Crippen LogP contribution in [-0.4, -0.2) is 17.8 Å². The van der Waals surface area contributed by atoms with Crippen LogP contribution >= 0.6 is 0 Å². The number of rotatable bonds is 0. The molecule has 0 unspecified atom stereocenters. The molecule has 0 radical (unpaired) electrons. The average Bonchev–Trinajstić information content (AvgIpc) is 1.65. The molecule has 0 aliphatic rings. The minimum Gasteiger partial charge on any atom is -0.358 e. The molecule has 0 saturated heterocycles. The lowest BCUT2D eigenvalue weighted by Gasteiger charge is -1.84. The van der Waals surface area contributed by atoms with Crippen molar-refractivity contribution in [1.82, 2.24) is 0 Å². The summed E-state index contributed by atoms with van der Waals surface area (Å²) in [4.78, 5) is 12.4. The van der Waals surface area contributed by atoms with E-state index in [9.17, 15) is 10.1 Å². The van der Waals surface area contributed by atoms with Crippen LogP contribution in [0.1, 0.15) is 6.92 Å². The molecule has 0 aliphatic carbocycles. The molecule has 0 atom stereocenters. The van der Waals surface area contributed by atoms with Crippen LogP contribution in [0.4, 0.5) is 0 Å². The van der Waals surface area contributed by atoms with Gasteiger partial charge in [0.05, 0.1) is 0 Å². The Balaban J connectivity index is 3.82. The lowest BCUT2D eigenvalue weighted by Crippen LogP contribution is -2.05. The van der Waals surface area contributed by atoms with Crippen LogP contribution in [0.25, 0.3) is 0 Å². The Bertz CT molecular complexity index is 108. The fraction of sp³-hybridized carbons (Fsp3) is 0.667. The molecule has 0 aromatic rings. The molecule has 0 fully saturated rings. The van der Waals surface area contributed by atoms with Crippen LogP contribution in [0.5, 0.6) is 0 Å². The van der Waals surface area contributed by atoms with Gasteiger partial charge in [0, 0.05) is 6.92 Å². The number of hydrogen-bond donors (Lipinski definition) is 0. The average molecular weight is 102 g/mol. The second-order valence-electron chi connectivity index (χ2n) is 1.03. The van der Waals surface area contributed by atoms with Gasteiger partial charge in [-0.15, -0.1) is 0 Å². The van der Waals surface area contributed by atoms with Gasteiger partial charge in [-0.2, -0.15) is 0 Å². The van der Waals surface area contributed by atoms with E-state index in [0.717, 1.165) is 0 Å². The summed E-state index contributed by atoms with van der Waals surface area (Å²) < 4.78 is 0. The molecule has 0 N–H and O–H groups in total. The summed E-state index contributed by atoms with van der Waals surface area (Å²) in [7, 11) is 1.39. The van der Waals surface area contributed by atoms with Crippen molar-refractivity contribution < 1.29 is 4.92 Å². The number of nitro groups is 1. The van der Waals surface area contributed by atoms with E-state index in [0.29, 0.717) is 0 Å². The van der Waals surface area contributed by atoms with Crippen LogP contribution < -0.4 is 0 Å². The first-order valence-corrected chi connectivity index (χ1v) is 1.76. The van der Waals surface area contributed by atoms with E-state index < -0.39 is 4.92 Å². The van der Waals surface area contributed by atoms with E-state index in [1.165, 1.54) is 14.0 Å². The fourth-order valence-electron chi connectivity index (χ4n) is 0.0816. The summed E-state index contributed by atoms with van der Waals surface area (Å²) in [5.41, 5.74) is 0. The molecule has 7 heavy (non-hydrogen) atoms. The number of amidine groups is 1. The van der Waals surface area contributed by atoms with Crippen molar-refractivity contribution in [2.24, 2.45) is 4.99 Å². The Morgan fingerprint density at radius 2 is 2.29 bits per heavy atom. The predicted octanol–water partition coefficient (Wildman–Crippen LogP) is 0.311. The van der Waals surface area contributed by atoms with Gasteiger partial charge >= 0.3 is 5.84 Å². The van der Waals surface area contributed by atoms with Gasteiger partial charge in [0.25, 0.3) is 0 Å². The quantitative estimate of drug-likeness (QED) is 0.191. The molecule has 0 heterocycles. The fourth-order valence-corrected chi connectivity index (χ4v) is 0.0816.